The topological polar surface area (TPSA) is 12.0 Å². The average Bonchev–Trinajstić information content (AvgIpc) is 3.10. The molecule has 1 aromatic carbocycles. The van der Waals surface area contributed by atoms with E-state index in [-0.39, 0.29) is 0 Å². The number of aryl methyl sites for hydroxylation is 2. The van der Waals surface area contributed by atoms with Gasteiger partial charge in [0, 0.05) is 12.6 Å². The minimum atomic E-state index is 0.410. The second-order valence-corrected chi connectivity index (χ2v) is 6.30. The van der Waals surface area contributed by atoms with E-state index in [1.54, 1.807) is 0 Å². The Morgan fingerprint density at radius 3 is 2.41 bits per heavy atom. The number of hydrogen-bond donors (Lipinski definition) is 1. The molecule has 0 unspecified atom stereocenters. The van der Waals surface area contributed by atoms with E-state index >= 15 is 0 Å². The smallest absolute Gasteiger partial charge is 0.00684 e. The molecule has 0 aliphatic heterocycles. The van der Waals surface area contributed by atoms with Crippen molar-refractivity contribution in [3.05, 3.63) is 35.4 Å². The van der Waals surface area contributed by atoms with Gasteiger partial charge in [0.05, 0.1) is 0 Å². The summed E-state index contributed by atoms with van der Waals surface area (Å²) in [5.41, 5.74) is 3.23. The van der Waals surface area contributed by atoms with Crippen LogP contribution in [0.1, 0.15) is 44.2 Å². The van der Waals surface area contributed by atoms with E-state index in [0.29, 0.717) is 5.41 Å². The first-order valence-electron chi connectivity index (χ1n) is 6.84. The summed E-state index contributed by atoms with van der Waals surface area (Å²) in [6, 6.07) is 9.78. The van der Waals surface area contributed by atoms with Gasteiger partial charge in [0.25, 0.3) is 0 Å². The monoisotopic (exact) mass is 231 g/mol. The van der Waals surface area contributed by atoms with Gasteiger partial charge in [-0.1, -0.05) is 43.7 Å². The van der Waals surface area contributed by atoms with Gasteiger partial charge in [0.2, 0.25) is 0 Å². The van der Waals surface area contributed by atoms with E-state index in [2.05, 4.69) is 50.4 Å². The number of benzene rings is 1. The molecule has 1 aliphatic carbocycles. The van der Waals surface area contributed by atoms with E-state index in [0.717, 1.165) is 12.6 Å². The fourth-order valence-corrected chi connectivity index (χ4v) is 2.03. The van der Waals surface area contributed by atoms with Crippen molar-refractivity contribution in [2.45, 2.75) is 52.5 Å². The second-order valence-electron chi connectivity index (χ2n) is 6.30. The lowest BCUT2D eigenvalue weighted by atomic mass is 9.86. The van der Waals surface area contributed by atoms with Crippen LogP contribution in [-0.4, -0.2) is 12.6 Å². The normalized spacial score (nSPS) is 16.2. The third-order valence-corrected chi connectivity index (χ3v) is 3.66. The fraction of sp³-hybridized carbons (Fsp3) is 0.625. The van der Waals surface area contributed by atoms with Crippen LogP contribution < -0.4 is 5.32 Å². The number of hydrogen-bond acceptors (Lipinski definition) is 1. The zero-order valence-corrected chi connectivity index (χ0v) is 11.4. The van der Waals surface area contributed by atoms with Crippen LogP contribution in [0.4, 0.5) is 0 Å². The first-order valence-corrected chi connectivity index (χ1v) is 6.84. The zero-order chi connectivity index (χ0) is 12.3. The summed E-state index contributed by atoms with van der Waals surface area (Å²) >= 11 is 0. The van der Waals surface area contributed by atoms with Crippen molar-refractivity contribution in [2.75, 3.05) is 6.54 Å². The van der Waals surface area contributed by atoms with E-state index in [4.69, 9.17) is 0 Å². The third-order valence-electron chi connectivity index (χ3n) is 3.66. The van der Waals surface area contributed by atoms with Gasteiger partial charge in [-0.3, -0.25) is 0 Å². The molecule has 0 saturated heterocycles. The summed E-state index contributed by atoms with van der Waals surface area (Å²) in [5.74, 6) is 0. The Morgan fingerprint density at radius 1 is 1.18 bits per heavy atom. The van der Waals surface area contributed by atoms with E-state index in [9.17, 15) is 0 Å². The molecule has 1 aliphatic rings. The minimum absolute atomic E-state index is 0.410. The first kappa shape index (κ1) is 12.6. The van der Waals surface area contributed by atoms with Gasteiger partial charge in [0.1, 0.15) is 0 Å². The van der Waals surface area contributed by atoms with E-state index in [1.807, 2.05) is 0 Å². The van der Waals surface area contributed by atoms with Crippen LogP contribution in [0.15, 0.2) is 24.3 Å². The molecule has 0 aromatic heterocycles. The summed E-state index contributed by atoms with van der Waals surface area (Å²) in [4.78, 5) is 0. The maximum Gasteiger partial charge on any atom is 0.00684 e. The molecular weight excluding hydrogens is 206 g/mol. The van der Waals surface area contributed by atoms with Crippen molar-refractivity contribution >= 4 is 0 Å². The summed E-state index contributed by atoms with van der Waals surface area (Å²) in [6.45, 7) is 8.05. The molecule has 0 amide bonds. The highest BCUT2D eigenvalue weighted by Crippen LogP contribution is 2.25. The Hall–Kier alpha value is -0.820. The molecule has 0 spiro atoms. The number of rotatable bonds is 6. The van der Waals surface area contributed by atoms with E-state index < -0.39 is 0 Å². The molecule has 0 heterocycles. The molecule has 0 bridgehead atoms. The van der Waals surface area contributed by atoms with Gasteiger partial charge < -0.3 is 5.32 Å². The minimum Gasteiger partial charge on any atom is -0.313 e. The fourth-order valence-electron chi connectivity index (χ4n) is 2.03. The van der Waals surface area contributed by atoms with Crippen molar-refractivity contribution in [3.8, 4) is 0 Å². The molecule has 94 valence electrons. The van der Waals surface area contributed by atoms with Gasteiger partial charge in [0.15, 0.2) is 0 Å². The van der Waals surface area contributed by atoms with Gasteiger partial charge >= 0.3 is 0 Å². The molecular formula is C16H25N. The van der Waals surface area contributed by atoms with Crippen LogP contribution >= 0.6 is 0 Å². The summed E-state index contributed by atoms with van der Waals surface area (Å²) < 4.78 is 0. The van der Waals surface area contributed by atoms with Gasteiger partial charge in [-0.25, -0.2) is 0 Å². The van der Waals surface area contributed by atoms with Crippen molar-refractivity contribution in [2.24, 2.45) is 5.41 Å². The molecule has 0 radical (unpaired) electrons. The number of nitrogens with one attached hydrogen (secondary N) is 1. The summed E-state index contributed by atoms with van der Waals surface area (Å²) in [5, 5.41) is 3.64. The lowest BCUT2D eigenvalue weighted by Gasteiger charge is -2.25. The molecule has 17 heavy (non-hydrogen) atoms. The van der Waals surface area contributed by atoms with Crippen LogP contribution in [-0.2, 0) is 6.42 Å². The van der Waals surface area contributed by atoms with E-state index in [1.165, 1.54) is 36.8 Å². The molecule has 1 N–H and O–H groups in total. The quantitative estimate of drug-likeness (QED) is 0.787. The lowest BCUT2D eigenvalue weighted by molar-refractivity contribution is 0.313. The van der Waals surface area contributed by atoms with Crippen molar-refractivity contribution in [3.63, 3.8) is 0 Å². The van der Waals surface area contributed by atoms with Gasteiger partial charge in [-0.15, -0.1) is 0 Å². The summed E-state index contributed by atoms with van der Waals surface area (Å²) in [7, 11) is 0. The average molecular weight is 231 g/mol. The molecule has 1 aromatic rings. The lowest BCUT2D eigenvalue weighted by Crippen LogP contribution is -2.31. The Balaban J connectivity index is 1.76. The van der Waals surface area contributed by atoms with Gasteiger partial charge in [-0.05, 0) is 43.6 Å². The Morgan fingerprint density at radius 2 is 1.82 bits per heavy atom. The zero-order valence-electron chi connectivity index (χ0n) is 11.4. The highest BCUT2D eigenvalue weighted by atomic mass is 15.0. The third kappa shape index (κ3) is 4.51. The molecule has 2 rings (SSSR count). The molecule has 1 fully saturated rings. The predicted molar refractivity (Wildman–Crippen MR) is 74.3 cm³/mol. The highest BCUT2D eigenvalue weighted by Gasteiger charge is 2.24. The Kier molecular flexibility index (Phi) is 3.88. The summed E-state index contributed by atoms with van der Waals surface area (Å²) in [6.07, 6.45) is 5.22. The maximum atomic E-state index is 3.64. The van der Waals surface area contributed by atoms with Crippen LogP contribution in [0.2, 0.25) is 0 Å². The van der Waals surface area contributed by atoms with Gasteiger partial charge in [-0.2, -0.15) is 0 Å². The Labute approximate surface area is 106 Å². The first-order chi connectivity index (χ1) is 8.05. The largest absolute Gasteiger partial charge is 0.313 e. The highest BCUT2D eigenvalue weighted by molar-refractivity contribution is 5.21. The van der Waals surface area contributed by atoms with Crippen molar-refractivity contribution in [1.82, 2.24) is 5.32 Å². The van der Waals surface area contributed by atoms with Crippen molar-refractivity contribution < 1.29 is 0 Å². The SMILES string of the molecule is Cc1ccc(CCC(C)(C)CNC2CC2)cc1. The van der Waals surface area contributed by atoms with Crippen LogP contribution in [0.5, 0.6) is 0 Å². The van der Waals surface area contributed by atoms with Crippen molar-refractivity contribution in [1.29, 1.82) is 0 Å². The van der Waals surface area contributed by atoms with Crippen LogP contribution in [0, 0.1) is 12.3 Å². The standard InChI is InChI=1S/C16H25N/c1-13-4-6-14(7-5-13)10-11-16(2,3)12-17-15-8-9-15/h4-7,15,17H,8-12H2,1-3H3. The second kappa shape index (κ2) is 5.22. The molecule has 1 saturated carbocycles. The predicted octanol–water partition coefficient (Wildman–Crippen LogP) is 3.71. The molecule has 1 nitrogen and oxygen atoms in total. The maximum absolute atomic E-state index is 3.64. The Bertz CT molecular complexity index is 346. The van der Waals surface area contributed by atoms with Crippen LogP contribution in [0.3, 0.4) is 0 Å². The molecule has 0 atom stereocenters. The molecule has 1 heteroatoms. The van der Waals surface area contributed by atoms with Crippen LogP contribution in [0.25, 0.3) is 0 Å².